The van der Waals surface area contributed by atoms with Gasteiger partial charge in [0.15, 0.2) is 0 Å². The van der Waals surface area contributed by atoms with Crippen LogP contribution in [0.4, 0.5) is 17.5 Å². The molecule has 1 aromatic heterocycles. The Morgan fingerprint density at radius 1 is 1.37 bits per heavy atom. The summed E-state index contributed by atoms with van der Waals surface area (Å²) in [4.78, 5) is 21.1. The van der Waals surface area contributed by atoms with Gasteiger partial charge in [-0.3, -0.25) is 4.79 Å². The molecule has 8 nitrogen and oxygen atoms in total. The number of hydrogen-bond donors (Lipinski definition) is 4. The Bertz CT molecular complexity index is 1020. The van der Waals surface area contributed by atoms with Crippen LogP contribution < -0.4 is 16.0 Å². The van der Waals surface area contributed by atoms with Gasteiger partial charge in [0.2, 0.25) is 5.95 Å². The average Bonchev–Trinajstić information content (AvgIpc) is 3.27. The third kappa shape index (κ3) is 4.42. The minimum Gasteiger partial charge on any atom is -0.391 e. The summed E-state index contributed by atoms with van der Waals surface area (Å²) in [5.74, 6) is 0.945. The number of hydrogen-bond acceptors (Lipinski definition) is 7. The number of carbonyl (C=O) groups is 1. The van der Waals surface area contributed by atoms with Gasteiger partial charge < -0.3 is 21.1 Å². The number of nitriles is 1. The monoisotopic (exact) mass is 404 g/mol. The molecular formula is C22H24N6O2. The topological polar surface area (TPSA) is 123 Å². The minimum absolute atomic E-state index is 0.0714. The molecule has 4 rings (SSSR count). The molecule has 30 heavy (non-hydrogen) atoms. The smallest absolute Gasteiger partial charge is 0.251 e. The van der Waals surface area contributed by atoms with E-state index in [1.807, 2.05) is 24.3 Å². The summed E-state index contributed by atoms with van der Waals surface area (Å²) in [5.41, 5.74) is 3.32. The van der Waals surface area contributed by atoms with Crippen LogP contribution in [-0.4, -0.2) is 40.2 Å². The number of nitrogens with zero attached hydrogens (tertiary/aromatic N) is 3. The van der Waals surface area contributed by atoms with Crippen LogP contribution in [0.5, 0.6) is 0 Å². The quantitative estimate of drug-likeness (QED) is 0.546. The number of aliphatic hydroxyl groups is 1. The number of rotatable bonds is 6. The highest BCUT2D eigenvalue weighted by Crippen LogP contribution is 2.26. The molecule has 154 valence electrons. The average molecular weight is 404 g/mol. The molecule has 0 spiro atoms. The van der Waals surface area contributed by atoms with E-state index in [2.05, 4.69) is 25.9 Å². The first-order chi connectivity index (χ1) is 14.7. The lowest BCUT2D eigenvalue weighted by molar-refractivity contribution is 0.0946. The highest BCUT2D eigenvalue weighted by Gasteiger charge is 2.19. The van der Waals surface area contributed by atoms with Crippen molar-refractivity contribution in [1.82, 2.24) is 15.3 Å². The standard InChI is InChI=1S/C22H24N6O2/c23-11-14(13-29)9-16-12-25-22(28-20(16)26-17-3-1-2-4-17)27-18-6-5-15-7-8-24-21(30)19(15)10-18/h5-6,9-10,12,17,29H,1-4,7-8,13H2,(H,24,30)(H2,25,26,27,28)/b14-9-. The van der Waals surface area contributed by atoms with Crippen molar-refractivity contribution in [3.05, 3.63) is 46.7 Å². The van der Waals surface area contributed by atoms with Crippen LogP contribution in [0.2, 0.25) is 0 Å². The van der Waals surface area contributed by atoms with Gasteiger partial charge in [0, 0.05) is 35.6 Å². The molecule has 0 atom stereocenters. The van der Waals surface area contributed by atoms with E-state index in [0.29, 0.717) is 35.5 Å². The van der Waals surface area contributed by atoms with Crippen LogP contribution in [0, 0.1) is 11.3 Å². The predicted octanol–water partition coefficient (Wildman–Crippen LogP) is 2.76. The molecule has 1 amide bonds. The van der Waals surface area contributed by atoms with Crippen molar-refractivity contribution < 1.29 is 9.90 Å². The number of nitrogens with one attached hydrogen (secondary N) is 3. The molecule has 2 heterocycles. The maximum atomic E-state index is 12.1. The molecule has 0 saturated heterocycles. The second-order valence-corrected chi connectivity index (χ2v) is 7.57. The fourth-order valence-electron chi connectivity index (χ4n) is 3.86. The van der Waals surface area contributed by atoms with Gasteiger partial charge in [0.1, 0.15) is 5.82 Å². The number of anilines is 3. The lowest BCUT2D eigenvalue weighted by atomic mass is 10.00. The van der Waals surface area contributed by atoms with E-state index >= 15 is 0 Å². The normalized spacial score (nSPS) is 16.5. The molecular weight excluding hydrogens is 380 g/mol. The van der Waals surface area contributed by atoms with Gasteiger partial charge in [0.05, 0.1) is 18.2 Å². The summed E-state index contributed by atoms with van der Waals surface area (Å²) in [6.07, 6.45) is 8.55. The Kier molecular flexibility index (Phi) is 5.91. The number of benzene rings is 1. The van der Waals surface area contributed by atoms with E-state index in [1.165, 1.54) is 12.8 Å². The molecule has 1 fully saturated rings. The molecule has 2 aliphatic rings. The van der Waals surface area contributed by atoms with E-state index < -0.39 is 0 Å². The first-order valence-corrected chi connectivity index (χ1v) is 10.2. The van der Waals surface area contributed by atoms with Crippen molar-refractivity contribution in [3.63, 3.8) is 0 Å². The highest BCUT2D eigenvalue weighted by atomic mass is 16.3. The maximum absolute atomic E-state index is 12.1. The number of aromatic nitrogens is 2. The Hall–Kier alpha value is -3.44. The molecule has 1 aliphatic heterocycles. The molecule has 1 saturated carbocycles. The van der Waals surface area contributed by atoms with E-state index in [1.54, 1.807) is 12.3 Å². The fourth-order valence-corrected chi connectivity index (χ4v) is 3.86. The van der Waals surface area contributed by atoms with Crippen molar-refractivity contribution in [3.8, 4) is 6.07 Å². The molecule has 8 heteroatoms. The second kappa shape index (κ2) is 8.93. The predicted molar refractivity (Wildman–Crippen MR) is 114 cm³/mol. The van der Waals surface area contributed by atoms with E-state index in [9.17, 15) is 9.90 Å². The Morgan fingerprint density at radius 2 is 2.20 bits per heavy atom. The number of amides is 1. The number of fused-ring (bicyclic) bond motifs is 1. The van der Waals surface area contributed by atoms with Gasteiger partial charge in [-0.15, -0.1) is 0 Å². The lowest BCUT2D eigenvalue weighted by Gasteiger charge is -2.18. The van der Waals surface area contributed by atoms with Gasteiger partial charge in [0.25, 0.3) is 5.91 Å². The summed E-state index contributed by atoms with van der Waals surface area (Å²) in [6, 6.07) is 7.98. The van der Waals surface area contributed by atoms with Gasteiger partial charge in [-0.2, -0.15) is 10.2 Å². The third-order valence-corrected chi connectivity index (χ3v) is 5.45. The van der Waals surface area contributed by atoms with E-state index in [-0.39, 0.29) is 18.1 Å². The van der Waals surface area contributed by atoms with E-state index in [4.69, 9.17) is 5.26 Å². The zero-order chi connectivity index (χ0) is 20.9. The molecule has 4 N–H and O–H groups in total. The summed E-state index contributed by atoms with van der Waals surface area (Å²) in [7, 11) is 0. The molecule has 0 unspecified atom stereocenters. The van der Waals surface area contributed by atoms with Gasteiger partial charge >= 0.3 is 0 Å². The van der Waals surface area contributed by atoms with Crippen LogP contribution in [0.25, 0.3) is 6.08 Å². The number of carbonyl (C=O) groups excluding carboxylic acids is 1. The first-order valence-electron chi connectivity index (χ1n) is 10.2. The van der Waals surface area contributed by atoms with Gasteiger partial charge in [-0.25, -0.2) is 4.98 Å². The van der Waals surface area contributed by atoms with Gasteiger partial charge in [-0.1, -0.05) is 18.9 Å². The Morgan fingerprint density at radius 3 is 2.97 bits per heavy atom. The zero-order valence-corrected chi connectivity index (χ0v) is 16.6. The molecule has 1 aliphatic carbocycles. The number of aliphatic hydroxyl groups excluding tert-OH is 1. The first kappa shape index (κ1) is 19.9. The van der Waals surface area contributed by atoms with Crippen LogP contribution in [0.1, 0.15) is 47.2 Å². The van der Waals surface area contributed by atoms with Crippen LogP contribution in [-0.2, 0) is 6.42 Å². The maximum Gasteiger partial charge on any atom is 0.251 e. The molecule has 0 bridgehead atoms. The molecule has 2 aromatic rings. The summed E-state index contributed by atoms with van der Waals surface area (Å²) >= 11 is 0. The van der Waals surface area contributed by atoms with Crippen molar-refractivity contribution in [2.75, 3.05) is 23.8 Å². The summed E-state index contributed by atoms with van der Waals surface area (Å²) < 4.78 is 0. The van der Waals surface area contributed by atoms with E-state index in [0.717, 1.165) is 30.5 Å². The van der Waals surface area contributed by atoms with Crippen molar-refractivity contribution >= 4 is 29.4 Å². The lowest BCUT2D eigenvalue weighted by Crippen LogP contribution is -2.31. The van der Waals surface area contributed by atoms with Crippen molar-refractivity contribution in [2.45, 2.75) is 38.1 Å². The highest BCUT2D eigenvalue weighted by molar-refractivity contribution is 5.97. The minimum atomic E-state index is -0.337. The zero-order valence-electron chi connectivity index (χ0n) is 16.6. The van der Waals surface area contributed by atoms with Crippen LogP contribution >= 0.6 is 0 Å². The fraction of sp³-hybridized carbons (Fsp3) is 0.364. The van der Waals surface area contributed by atoms with Crippen molar-refractivity contribution in [1.29, 1.82) is 5.26 Å². The third-order valence-electron chi connectivity index (χ3n) is 5.45. The SMILES string of the molecule is N#C/C(=C/c1cnc(Nc2ccc3c(c2)C(=O)NCC3)nc1NC1CCCC1)CO. The summed E-state index contributed by atoms with van der Waals surface area (Å²) in [5, 5.41) is 28.0. The van der Waals surface area contributed by atoms with Crippen molar-refractivity contribution in [2.24, 2.45) is 0 Å². The van der Waals surface area contributed by atoms with Crippen LogP contribution in [0.15, 0.2) is 30.0 Å². The summed E-state index contributed by atoms with van der Waals surface area (Å²) in [6.45, 7) is 0.321. The molecule has 1 aromatic carbocycles. The largest absolute Gasteiger partial charge is 0.391 e. The van der Waals surface area contributed by atoms with Gasteiger partial charge in [-0.05, 0) is 43.0 Å². The Balaban J connectivity index is 1.62. The molecule has 0 radical (unpaired) electrons. The Labute approximate surface area is 175 Å². The van der Waals surface area contributed by atoms with Crippen LogP contribution in [0.3, 0.4) is 0 Å². The second-order valence-electron chi connectivity index (χ2n) is 7.57.